The predicted molar refractivity (Wildman–Crippen MR) is 113 cm³/mol. The molecule has 0 heterocycles. The van der Waals surface area contributed by atoms with Crippen LogP contribution in [0.2, 0.25) is 0 Å². The van der Waals surface area contributed by atoms with E-state index in [0.29, 0.717) is 18.3 Å². The molecule has 3 nitrogen and oxygen atoms in total. The molecule has 152 valence electrons. The lowest BCUT2D eigenvalue weighted by Gasteiger charge is -2.24. The van der Waals surface area contributed by atoms with Gasteiger partial charge in [-0.2, -0.15) is 0 Å². The van der Waals surface area contributed by atoms with Crippen LogP contribution in [0.3, 0.4) is 0 Å². The molecule has 0 radical (unpaired) electrons. The molecule has 1 unspecified atom stereocenters. The lowest BCUT2D eigenvalue weighted by atomic mass is 9.81. The first-order valence-electron chi connectivity index (χ1n) is 10.8. The standard InChI is InChI=1S/C25H34O3/c1-19-3-5-20(6-4-19)7-8-21-9-13-23(14-10-21)25(26)28-24-15-11-22(12-16-24)17-18-27-2/h7-8,11-13,15-16,19-21H,3-6,9-10,14,17-18H2,1-2H3. The van der Waals surface area contributed by atoms with Gasteiger partial charge in [0, 0.05) is 12.7 Å². The third kappa shape index (κ3) is 6.34. The molecule has 1 saturated carbocycles. The minimum atomic E-state index is -0.201. The molecule has 1 fully saturated rings. The number of ether oxygens (including phenoxy) is 2. The summed E-state index contributed by atoms with van der Waals surface area (Å²) in [5.41, 5.74) is 2.00. The summed E-state index contributed by atoms with van der Waals surface area (Å²) >= 11 is 0. The summed E-state index contributed by atoms with van der Waals surface area (Å²) in [6, 6.07) is 7.71. The summed E-state index contributed by atoms with van der Waals surface area (Å²) < 4.78 is 10.6. The fraction of sp³-hybridized carbons (Fsp3) is 0.560. The van der Waals surface area contributed by atoms with Crippen LogP contribution in [0, 0.1) is 17.8 Å². The van der Waals surface area contributed by atoms with Crippen molar-refractivity contribution in [3.05, 3.63) is 53.6 Å². The molecule has 1 aromatic carbocycles. The van der Waals surface area contributed by atoms with Crippen LogP contribution in [0.25, 0.3) is 0 Å². The van der Waals surface area contributed by atoms with Crippen molar-refractivity contribution in [3.8, 4) is 5.75 Å². The van der Waals surface area contributed by atoms with Gasteiger partial charge in [-0.15, -0.1) is 0 Å². The first-order valence-corrected chi connectivity index (χ1v) is 10.8. The van der Waals surface area contributed by atoms with Crippen molar-refractivity contribution in [2.45, 2.75) is 58.3 Å². The van der Waals surface area contributed by atoms with Crippen LogP contribution in [-0.4, -0.2) is 19.7 Å². The van der Waals surface area contributed by atoms with E-state index in [0.717, 1.165) is 43.1 Å². The lowest BCUT2D eigenvalue weighted by molar-refractivity contribution is -0.130. The lowest BCUT2D eigenvalue weighted by Crippen LogP contribution is -2.16. The summed E-state index contributed by atoms with van der Waals surface area (Å²) in [6.45, 7) is 3.06. The summed E-state index contributed by atoms with van der Waals surface area (Å²) in [5, 5.41) is 0. The van der Waals surface area contributed by atoms with E-state index in [4.69, 9.17) is 9.47 Å². The Morgan fingerprint density at radius 1 is 1.04 bits per heavy atom. The second kappa shape index (κ2) is 10.6. The first-order chi connectivity index (χ1) is 13.6. The van der Waals surface area contributed by atoms with Crippen LogP contribution in [-0.2, 0) is 16.0 Å². The van der Waals surface area contributed by atoms with E-state index in [1.165, 1.54) is 31.2 Å². The van der Waals surface area contributed by atoms with Crippen molar-refractivity contribution >= 4 is 5.97 Å². The zero-order valence-corrected chi connectivity index (χ0v) is 17.4. The number of carbonyl (C=O) groups is 1. The second-order valence-electron chi connectivity index (χ2n) is 8.44. The fourth-order valence-electron chi connectivity index (χ4n) is 4.12. The molecule has 0 N–H and O–H groups in total. The highest BCUT2D eigenvalue weighted by atomic mass is 16.5. The fourth-order valence-corrected chi connectivity index (χ4v) is 4.12. The SMILES string of the molecule is COCCc1ccc(OC(=O)C2=CCC(C=CC3CCC(C)CC3)CC2)cc1. The Morgan fingerprint density at radius 3 is 2.39 bits per heavy atom. The van der Waals surface area contributed by atoms with E-state index in [1.54, 1.807) is 7.11 Å². The Kier molecular flexibility index (Phi) is 7.90. The normalized spacial score (nSPS) is 25.5. The maximum atomic E-state index is 12.4. The number of esters is 1. The van der Waals surface area contributed by atoms with Gasteiger partial charge < -0.3 is 9.47 Å². The van der Waals surface area contributed by atoms with Gasteiger partial charge in [-0.1, -0.05) is 50.1 Å². The third-order valence-electron chi connectivity index (χ3n) is 6.16. The summed E-state index contributed by atoms with van der Waals surface area (Å²) in [6.07, 6.45) is 16.0. The Balaban J connectivity index is 1.45. The Morgan fingerprint density at radius 2 is 1.75 bits per heavy atom. The molecule has 28 heavy (non-hydrogen) atoms. The number of methoxy groups -OCH3 is 1. The molecule has 0 spiro atoms. The topological polar surface area (TPSA) is 35.5 Å². The molecule has 1 atom stereocenters. The van der Waals surface area contributed by atoms with Crippen LogP contribution >= 0.6 is 0 Å². The Hall–Kier alpha value is -1.87. The number of hydrogen-bond donors (Lipinski definition) is 0. The number of hydrogen-bond acceptors (Lipinski definition) is 3. The molecule has 0 aromatic heterocycles. The van der Waals surface area contributed by atoms with Crippen LogP contribution in [0.15, 0.2) is 48.1 Å². The predicted octanol–water partition coefficient (Wildman–Crippen LogP) is 5.89. The van der Waals surface area contributed by atoms with Crippen molar-refractivity contribution < 1.29 is 14.3 Å². The van der Waals surface area contributed by atoms with Crippen LogP contribution in [0.1, 0.15) is 57.4 Å². The number of rotatable bonds is 7. The Bertz CT molecular complexity index is 678. The average Bonchev–Trinajstić information content (AvgIpc) is 2.73. The summed E-state index contributed by atoms with van der Waals surface area (Å²) in [5.74, 6) is 2.64. The minimum absolute atomic E-state index is 0.201. The van der Waals surface area contributed by atoms with Gasteiger partial charge in [0.1, 0.15) is 5.75 Å². The van der Waals surface area contributed by atoms with Crippen molar-refractivity contribution in [3.63, 3.8) is 0 Å². The molecule has 3 rings (SSSR count). The monoisotopic (exact) mass is 382 g/mol. The highest BCUT2D eigenvalue weighted by Gasteiger charge is 2.20. The van der Waals surface area contributed by atoms with Crippen molar-refractivity contribution in [2.24, 2.45) is 17.8 Å². The van der Waals surface area contributed by atoms with Gasteiger partial charge in [0.25, 0.3) is 0 Å². The van der Waals surface area contributed by atoms with Gasteiger partial charge in [0.2, 0.25) is 0 Å². The van der Waals surface area contributed by atoms with E-state index < -0.39 is 0 Å². The van der Waals surface area contributed by atoms with Crippen LogP contribution in [0.4, 0.5) is 0 Å². The summed E-state index contributed by atoms with van der Waals surface area (Å²) in [7, 11) is 1.70. The average molecular weight is 383 g/mol. The molecule has 2 aliphatic rings. The molecule has 0 aliphatic heterocycles. The quantitative estimate of drug-likeness (QED) is 0.335. The van der Waals surface area contributed by atoms with E-state index in [-0.39, 0.29) is 5.97 Å². The van der Waals surface area contributed by atoms with E-state index in [2.05, 4.69) is 25.2 Å². The van der Waals surface area contributed by atoms with Crippen LogP contribution < -0.4 is 4.74 Å². The van der Waals surface area contributed by atoms with Gasteiger partial charge in [-0.3, -0.25) is 0 Å². The highest BCUT2D eigenvalue weighted by molar-refractivity contribution is 5.90. The molecule has 0 bridgehead atoms. The van der Waals surface area contributed by atoms with Gasteiger partial charge >= 0.3 is 5.97 Å². The zero-order chi connectivity index (χ0) is 19.8. The van der Waals surface area contributed by atoms with Gasteiger partial charge in [-0.05, 0) is 74.0 Å². The number of benzene rings is 1. The largest absolute Gasteiger partial charge is 0.423 e. The van der Waals surface area contributed by atoms with Crippen molar-refractivity contribution in [2.75, 3.05) is 13.7 Å². The molecular formula is C25H34O3. The van der Waals surface area contributed by atoms with Gasteiger partial charge in [0.05, 0.1) is 6.61 Å². The van der Waals surface area contributed by atoms with E-state index in [9.17, 15) is 4.79 Å². The van der Waals surface area contributed by atoms with Gasteiger partial charge in [0.15, 0.2) is 0 Å². The van der Waals surface area contributed by atoms with Crippen molar-refractivity contribution in [1.82, 2.24) is 0 Å². The second-order valence-corrected chi connectivity index (χ2v) is 8.44. The van der Waals surface area contributed by atoms with Crippen LogP contribution in [0.5, 0.6) is 5.75 Å². The third-order valence-corrected chi connectivity index (χ3v) is 6.16. The van der Waals surface area contributed by atoms with Crippen molar-refractivity contribution in [1.29, 1.82) is 0 Å². The molecule has 2 aliphatic carbocycles. The zero-order valence-electron chi connectivity index (χ0n) is 17.4. The first kappa shape index (κ1) is 20.9. The molecule has 1 aromatic rings. The number of allylic oxidation sites excluding steroid dienone is 3. The smallest absolute Gasteiger partial charge is 0.339 e. The maximum Gasteiger partial charge on any atom is 0.339 e. The van der Waals surface area contributed by atoms with Gasteiger partial charge in [-0.25, -0.2) is 4.79 Å². The number of carbonyl (C=O) groups excluding carboxylic acids is 1. The maximum absolute atomic E-state index is 12.4. The highest BCUT2D eigenvalue weighted by Crippen LogP contribution is 2.31. The van der Waals surface area contributed by atoms with E-state index >= 15 is 0 Å². The molecule has 0 amide bonds. The minimum Gasteiger partial charge on any atom is -0.423 e. The Labute approximate surface area is 169 Å². The molecule has 0 saturated heterocycles. The molecular weight excluding hydrogens is 348 g/mol. The van der Waals surface area contributed by atoms with E-state index in [1.807, 2.05) is 24.3 Å². The summed E-state index contributed by atoms with van der Waals surface area (Å²) in [4.78, 5) is 12.4. The molecule has 3 heteroatoms.